The van der Waals surface area contributed by atoms with Gasteiger partial charge in [-0.2, -0.15) is 0 Å². The summed E-state index contributed by atoms with van der Waals surface area (Å²) in [5.41, 5.74) is 0.736. The van der Waals surface area contributed by atoms with E-state index in [-0.39, 0.29) is 17.4 Å². The van der Waals surface area contributed by atoms with E-state index in [2.05, 4.69) is 11.4 Å². The molecule has 0 saturated carbocycles. The number of likely N-dealkylation sites (tertiary alicyclic amines) is 1. The Labute approximate surface area is 150 Å². The van der Waals surface area contributed by atoms with Crippen LogP contribution >= 0.6 is 0 Å². The average molecular weight is 346 g/mol. The number of carbonyl (C=O) groups excluding carboxylic acids is 1. The number of amides is 1. The second-order valence-corrected chi connectivity index (χ2v) is 8.06. The first-order valence-electron chi connectivity index (χ1n) is 9.33. The lowest BCUT2D eigenvalue weighted by Crippen LogP contribution is -2.46. The number of nitrogens with one attached hydrogen (secondary N) is 1. The standard InChI is InChI=1S/C20H30N2O3/c1-20(2,3)19(23)22-11-8-15(9-12-22)21-17-6-4-5-7-18(17)25-16-10-13-24-14-16/h4-7,15-16,21H,8-14H2,1-3H3/t16-/m1/s1. The lowest BCUT2D eigenvalue weighted by Gasteiger charge is -2.36. The Morgan fingerprint density at radius 2 is 1.92 bits per heavy atom. The summed E-state index contributed by atoms with van der Waals surface area (Å²) < 4.78 is 11.5. The molecule has 1 amide bonds. The van der Waals surface area contributed by atoms with Crippen LogP contribution in [0, 0.1) is 5.41 Å². The maximum atomic E-state index is 12.4. The van der Waals surface area contributed by atoms with E-state index in [9.17, 15) is 4.79 Å². The average Bonchev–Trinajstić information content (AvgIpc) is 3.09. The fraction of sp³-hybridized carbons (Fsp3) is 0.650. The number of hydrogen-bond donors (Lipinski definition) is 1. The quantitative estimate of drug-likeness (QED) is 0.909. The van der Waals surface area contributed by atoms with Crippen LogP contribution in [0.5, 0.6) is 5.75 Å². The second kappa shape index (κ2) is 7.65. The van der Waals surface area contributed by atoms with Crippen molar-refractivity contribution >= 4 is 11.6 Å². The molecule has 1 atom stereocenters. The molecule has 2 aliphatic heterocycles. The first kappa shape index (κ1) is 18.1. The van der Waals surface area contributed by atoms with E-state index < -0.39 is 0 Å². The minimum Gasteiger partial charge on any atom is -0.486 e. The molecule has 2 aliphatic rings. The summed E-state index contributed by atoms with van der Waals surface area (Å²) in [5.74, 6) is 1.14. The summed E-state index contributed by atoms with van der Waals surface area (Å²) >= 11 is 0. The van der Waals surface area contributed by atoms with Crippen LogP contribution < -0.4 is 10.1 Å². The monoisotopic (exact) mass is 346 g/mol. The van der Waals surface area contributed by atoms with Gasteiger partial charge in [0.2, 0.25) is 5.91 Å². The molecule has 0 aliphatic carbocycles. The van der Waals surface area contributed by atoms with Gasteiger partial charge in [0, 0.05) is 31.0 Å². The van der Waals surface area contributed by atoms with Gasteiger partial charge in [0.15, 0.2) is 0 Å². The van der Waals surface area contributed by atoms with Gasteiger partial charge in [0.25, 0.3) is 0 Å². The number of benzene rings is 1. The zero-order valence-electron chi connectivity index (χ0n) is 15.6. The molecule has 1 aromatic carbocycles. The molecular weight excluding hydrogens is 316 g/mol. The smallest absolute Gasteiger partial charge is 0.227 e. The third kappa shape index (κ3) is 4.66. The van der Waals surface area contributed by atoms with Crippen molar-refractivity contribution in [3.8, 4) is 5.75 Å². The van der Waals surface area contributed by atoms with Gasteiger partial charge in [0.1, 0.15) is 11.9 Å². The molecule has 0 aromatic heterocycles. The Balaban J connectivity index is 1.56. The Morgan fingerprint density at radius 3 is 2.56 bits per heavy atom. The highest BCUT2D eigenvalue weighted by Crippen LogP contribution is 2.29. The highest BCUT2D eigenvalue weighted by molar-refractivity contribution is 5.81. The van der Waals surface area contributed by atoms with Crippen molar-refractivity contribution in [3.05, 3.63) is 24.3 Å². The normalized spacial score (nSPS) is 22.0. The van der Waals surface area contributed by atoms with Crippen LogP contribution in [0.2, 0.25) is 0 Å². The third-order valence-electron chi connectivity index (χ3n) is 4.85. The van der Waals surface area contributed by atoms with Crippen LogP contribution in [0.3, 0.4) is 0 Å². The molecule has 0 radical (unpaired) electrons. The molecule has 25 heavy (non-hydrogen) atoms. The largest absolute Gasteiger partial charge is 0.486 e. The molecule has 5 nitrogen and oxygen atoms in total. The van der Waals surface area contributed by atoms with Crippen LogP contribution in [0.25, 0.3) is 0 Å². The summed E-state index contributed by atoms with van der Waals surface area (Å²) in [7, 11) is 0. The lowest BCUT2D eigenvalue weighted by atomic mass is 9.93. The van der Waals surface area contributed by atoms with Crippen molar-refractivity contribution in [2.45, 2.75) is 52.2 Å². The van der Waals surface area contributed by atoms with E-state index in [1.54, 1.807) is 0 Å². The molecule has 1 N–H and O–H groups in total. The molecule has 2 fully saturated rings. The fourth-order valence-corrected chi connectivity index (χ4v) is 3.40. The van der Waals surface area contributed by atoms with Gasteiger partial charge < -0.3 is 19.7 Å². The predicted molar refractivity (Wildman–Crippen MR) is 99.0 cm³/mol. The summed E-state index contributed by atoms with van der Waals surface area (Å²) in [6, 6.07) is 8.48. The minimum absolute atomic E-state index is 0.147. The van der Waals surface area contributed by atoms with Gasteiger partial charge in [-0.05, 0) is 25.0 Å². The molecule has 0 unspecified atom stereocenters. The first-order valence-corrected chi connectivity index (χ1v) is 9.33. The van der Waals surface area contributed by atoms with Crippen molar-refractivity contribution in [2.75, 3.05) is 31.6 Å². The van der Waals surface area contributed by atoms with Crippen LogP contribution in [0.4, 0.5) is 5.69 Å². The van der Waals surface area contributed by atoms with Gasteiger partial charge in [-0.15, -0.1) is 0 Å². The van der Waals surface area contributed by atoms with E-state index in [1.807, 2.05) is 43.9 Å². The van der Waals surface area contributed by atoms with Crippen LogP contribution in [-0.4, -0.2) is 49.3 Å². The molecule has 5 heteroatoms. The van der Waals surface area contributed by atoms with Crippen molar-refractivity contribution in [1.29, 1.82) is 0 Å². The van der Waals surface area contributed by atoms with Gasteiger partial charge in [-0.3, -0.25) is 4.79 Å². The molecular formula is C20H30N2O3. The van der Waals surface area contributed by atoms with E-state index in [4.69, 9.17) is 9.47 Å². The number of carbonyl (C=O) groups is 1. The zero-order valence-corrected chi connectivity index (χ0v) is 15.6. The van der Waals surface area contributed by atoms with Crippen molar-refractivity contribution < 1.29 is 14.3 Å². The summed E-state index contributed by atoms with van der Waals surface area (Å²) in [4.78, 5) is 14.4. The minimum atomic E-state index is -0.302. The summed E-state index contributed by atoms with van der Waals surface area (Å²) in [6.45, 7) is 9.03. The molecule has 138 valence electrons. The van der Waals surface area contributed by atoms with Crippen LogP contribution in [-0.2, 0) is 9.53 Å². The van der Waals surface area contributed by atoms with E-state index in [0.29, 0.717) is 12.6 Å². The lowest BCUT2D eigenvalue weighted by molar-refractivity contribution is -0.140. The SMILES string of the molecule is CC(C)(C)C(=O)N1CCC(Nc2ccccc2O[C@@H]2CCOC2)CC1. The van der Waals surface area contributed by atoms with E-state index >= 15 is 0 Å². The maximum Gasteiger partial charge on any atom is 0.227 e. The van der Waals surface area contributed by atoms with Gasteiger partial charge in [0.05, 0.1) is 18.9 Å². The number of para-hydroxylation sites is 2. The summed E-state index contributed by atoms with van der Waals surface area (Å²) in [6.07, 6.45) is 3.02. The van der Waals surface area contributed by atoms with Crippen molar-refractivity contribution in [2.24, 2.45) is 5.41 Å². The third-order valence-corrected chi connectivity index (χ3v) is 4.85. The number of rotatable bonds is 4. The van der Waals surface area contributed by atoms with E-state index in [1.165, 1.54) is 0 Å². The van der Waals surface area contributed by atoms with Gasteiger partial charge >= 0.3 is 0 Å². The van der Waals surface area contributed by atoms with Crippen molar-refractivity contribution in [1.82, 2.24) is 4.90 Å². The first-order chi connectivity index (χ1) is 11.9. The molecule has 0 bridgehead atoms. The molecule has 1 aromatic rings. The number of ether oxygens (including phenoxy) is 2. The number of piperidine rings is 1. The predicted octanol–water partition coefficient (Wildman–Crippen LogP) is 3.30. The number of nitrogens with zero attached hydrogens (tertiary/aromatic N) is 1. The Morgan fingerprint density at radius 1 is 1.20 bits per heavy atom. The second-order valence-electron chi connectivity index (χ2n) is 8.06. The highest BCUT2D eigenvalue weighted by Gasteiger charge is 2.30. The van der Waals surface area contributed by atoms with Gasteiger partial charge in [-0.25, -0.2) is 0 Å². The zero-order chi connectivity index (χ0) is 17.9. The molecule has 3 rings (SSSR count). The maximum absolute atomic E-state index is 12.4. The Kier molecular flexibility index (Phi) is 5.52. The number of anilines is 1. The molecule has 0 spiro atoms. The Bertz CT molecular complexity index is 583. The van der Waals surface area contributed by atoms with Crippen LogP contribution in [0.15, 0.2) is 24.3 Å². The van der Waals surface area contributed by atoms with E-state index in [0.717, 1.165) is 50.4 Å². The van der Waals surface area contributed by atoms with Gasteiger partial charge in [-0.1, -0.05) is 32.9 Å². The van der Waals surface area contributed by atoms with Crippen molar-refractivity contribution in [3.63, 3.8) is 0 Å². The fourth-order valence-electron chi connectivity index (χ4n) is 3.40. The summed E-state index contributed by atoms with van der Waals surface area (Å²) in [5, 5.41) is 3.62. The Hall–Kier alpha value is -1.75. The number of hydrogen-bond acceptors (Lipinski definition) is 4. The van der Waals surface area contributed by atoms with Crippen LogP contribution in [0.1, 0.15) is 40.0 Å². The molecule has 2 heterocycles. The highest BCUT2D eigenvalue weighted by atomic mass is 16.5. The topological polar surface area (TPSA) is 50.8 Å². The molecule has 2 saturated heterocycles.